The molecule has 0 bridgehead atoms. The number of fused-ring (bicyclic) bond motifs is 1. The molecule has 0 aliphatic carbocycles. The normalized spacial score (nSPS) is 15.7. The molecule has 1 unspecified atom stereocenters. The third-order valence-corrected chi connectivity index (χ3v) is 3.13. The summed E-state index contributed by atoms with van der Waals surface area (Å²) in [6.45, 7) is 1.19. The Hall–Kier alpha value is -0.980. The fourth-order valence-electron chi connectivity index (χ4n) is 1.77. The van der Waals surface area contributed by atoms with E-state index in [4.69, 9.17) is 9.47 Å². The molecule has 0 radical (unpaired) electrons. The number of aliphatic hydroxyl groups is 1. The lowest BCUT2D eigenvalue weighted by atomic mass is 10.1. The second-order valence-corrected chi connectivity index (χ2v) is 4.57. The van der Waals surface area contributed by atoms with E-state index in [0.717, 1.165) is 0 Å². The summed E-state index contributed by atoms with van der Waals surface area (Å²) in [6, 6.07) is 1.64. The van der Waals surface area contributed by atoms with E-state index in [1.165, 1.54) is 0 Å². The number of nitrogens with one attached hydrogen (secondary N) is 1. The topological polar surface area (TPSA) is 71.0 Å². The summed E-state index contributed by atoms with van der Waals surface area (Å²) < 4.78 is 11.4. The van der Waals surface area contributed by atoms with Crippen LogP contribution >= 0.6 is 15.9 Å². The molecule has 1 heterocycles. The molecular formula is C11H14BrNO4. The molecule has 2 rings (SSSR count). The molecule has 6 heteroatoms. The predicted octanol–water partition coefficient (Wildman–Crippen LogP) is 1.18. The highest BCUT2D eigenvalue weighted by molar-refractivity contribution is 9.10. The summed E-state index contributed by atoms with van der Waals surface area (Å²) in [6.07, 6.45) is -0.854. The van der Waals surface area contributed by atoms with E-state index in [2.05, 4.69) is 21.2 Å². The average molecular weight is 304 g/mol. The van der Waals surface area contributed by atoms with Crippen LogP contribution in [0.2, 0.25) is 0 Å². The first-order valence-corrected chi connectivity index (χ1v) is 6.08. The summed E-state index contributed by atoms with van der Waals surface area (Å²) in [5, 5.41) is 22.8. The van der Waals surface area contributed by atoms with E-state index in [-0.39, 0.29) is 5.75 Å². The highest BCUT2D eigenvalue weighted by Gasteiger charge is 2.26. The molecule has 5 nitrogen and oxygen atoms in total. The summed E-state index contributed by atoms with van der Waals surface area (Å²) in [7, 11) is 1.72. The SMILES string of the molecule is CNCC(O)c1c(O)c(Br)cc2c1OCCO2. The lowest BCUT2D eigenvalue weighted by molar-refractivity contribution is 0.142. The number of aliphatic hydroxyl groups excluding tert-OH is 1. The number of benzene rings is 1. The van der Waals surface area contributed by atoms with E-state index in [9.17, 15) is 10.2 Å². The molecule has 0 amide bonds. The smallest absolute Gasteiger partial charge is 0.171 e. The van der Waals surface area contributed by atoms with Gasteiger partial charge in [0.2, 0.25) is 0 Å². The van der Waals surface area contributed by atoms with Gasteiger partial charge in [-0.15, -0.1) is 0 Å². The number of likely N-dealkylation sites (N-methyl/N-ethyl adjacent to an activating group) is 1. The van der Waals surface area contributed by atoms with Crippen molar-refractivity contribution in [3.63, 3.8) is 0 Å². The minimum absolute atomic E-state index is 0.0167. The van der Waals surface area contributed by atoms with Crippen LogP contribution in [0.1, 0.15) is 11.7 Å². The molecular weight excluding hydrogens is 290 g/mol. The molecule has 17 heavy (non-hydrogen) atoms. The van der Waals surface area contributed by atoms with Crippen LogP contribution < -0.4 is 14.8 Å². The minimum atomic E-state index is -0.854. The van der Waals surface area contributed by atoms with Crippen LogP contribution in [-0.2, 0) is 0 Å². The van der Waals surface area contributed by atoms with Crippen molar-refractivity contribution in [1.29, 1.82) is 0 Å². The standard InChI is InChI=1S/C11H14BrNO4/c1-13-5-7(14)9-10(15)6(12)4-8-11(9)17-3-2-16-8/h4,7,13-15H,2-3,5H2,1H3. The van der Waals surface area contributed by atoms with Crippen molar-refractivity contribution in [2.24, 2.45) is 0 Å². The number of hydrogen-bond acceptors (Lipinski definition) is 5. The van der Waals surface area contributed by atoms with E-state index in [1.807, 2.05) is 0 Å². The molecule has 1 aromatic rings. The zero-order valence-electron chi connectivity index (χ0n) is 9.36. The van der Waals surface area contributed by atoms with Crippen LogP contribution in [0.25, 0.3) is 0 Å². The Kier molecular flexibility index (Phi) is 3.76. The third kappa shape index (κ3) is 2.34. The Morgan fingerprint density at radius 2 is 2.18 bits per heavy atom. The van der Waals surface area contributed by atoms with Gasteiger partial charge in [-0.05, 0) is 23.0 Å². The van der Waals surface area contributed by atoms with Crippen LogP contribution in [-0.4, -0.2) is 37.0 Å². The molecule has 0 spiro atoms. The summed E-state index contributed by atoms with van der Waals surface area (Å²) in [4.78, 5) is 0. The van der Waals surface area contributed by atoms with Gasteiger partial charge in [0.1, 0.15) is 19.0 Å². The van der Waals surface area contributed by atoms with Gasteiger partial charge in [-0.2, -0.15) is 0 Å². The van der Waals surface area contributed by atoms with Gasteiger partial charge in [-0.3, -0.25) is 0 Å². The van der Waals surface area contributed by atoms with Crippen molar-refractivity contribution >= 4 is 15.9 Å². The highest BCUT2D eigenvalue weighted by atomic mass is 79.9. The van der Waals surface area contributed by atoms with Gasteiger partial charge in [0.05, 0.1) is 16.1 Å². The number of phenols is 1. The zero-order chi connectivity index (χ0) is 12.4. The Morgan fingerprint density at radius 1 is 1.47 bits per heavy atom. The van der Waals surface area contributed by atoms with Crippen LogP contribution in [0, 0.1) is 0 Å². The first-order valence-electron chi connectivity index (χ1n) is 5.28. The molecule has 1 aliphatic heterocycles. The quantitative estimate of drug-likeness (QED) is 0.782. The van der Waals surface area contributed by atoms with Gasteiger partial charge in [-0.1, -0.05) is 0 Å². The van der Waals surface area contributed by atoms with Crippen LogP contribution in [0.3, 0.4) is 0 Å². The summed E-state index contributed by atoms with van der Waals surface area (Å²) in [5.74, 6) is 0.933. The lowest BCUT2D eigenvalue weighted by Crippen LogP contribution is -2.21. The lowest BCUT2D eigenvalue weighted by Gasteiger charge is -2.24. The molecule has 94 valence electrons. The fourth-order valence-corrected chi connectivity index (χ4v) is 2.20. The Bertz CT molecular complexity index is 424. The maximum absolute atomic E-state index is 10.0. The Morgan fingerprint density at radius 3 is 2.88 bits per heavy atom. The predicted molar refractivity (Wildman–Crippen MR) is 65.7 cm³/mol. The molecule has 0 saturated heterocycles. The first-order chi connectivity index (χ1) is 8.15. The monoisotopic (exact) mass is 303 g/mol. The third-order valence-electron chi connectivity index (χ3n) is 2.53. The van der Waals surface area contributed by atoms with Crippen LogP contribution in [0.15, 0.2) is 10.5 Å². The van der Waals surface area contributed by atoms with Crippen molar-refractivity contribution in [1.82, 2.24) is 5.32 Å². The van der Waals surface area contributed by atoms with Gasteiger partial charge in [-0.25, -0.2) is 0 Å². The van der Waals surface area contributed by atoms with Gasteiger partial charge < -0.3 is 25.0 Å². The molecule has 0 aromatic heterocycles. The van der Waals surface area contributed by atoms with Crippen molar-refractivity contribution < 1.29 is 19.7 Å². The summed E-state index contributed by atoms with van der Waals surface area (Å²) >= 11 is 3.23. The van der Waals surface area contributed by atoms with Gasteiger partial charge >= 0.3 is 0 Å². The maximum atomic E-state index is 10.0. The molecule has 1 atom stereocenters. The first kappa shape index (κ1) is 12.5. The number of halogens is 1. The second kappa shape index (κ2) is 5.12. The number of phenolic OH excluding ortho intramolecular Hbond substituents is 1. The largest absolute Gasteiger partial charge is 0.506 e. The number of ether oxygens (including phenoxy) is 2. The molecule has 3 N–H and O–H groups in total. The Labute approximate surface area is 107 Å². The number of hydrogen-bond donors (Lipinski definition) is 3. The highest BCUT2D eigenvalue weighted by Crippen LogP contribution is 2.46. The van der Waals surface area contributed by atoms with Crippen molar-refractivity contribution in [2.75, 3.05) is 26.8 Å². The zero-order valence-corrected chi connectivity index (χ0v) is 11.0. The minimum Gasteiger partial charge on any atom is -0.506 e. The van der Waals surface area contributed by atoms with Gasteiger partial charge in [0, 0.05) is 12.6 Å². The van der Waals surface area contributed by atoms with Gasteiger partial charge in [0.15, 0.2) is 11.5 Å². The van der Waals surface area contributed by atoms with E-state index < -0.39 is 6.10 Å². The van der Waals surface area contributed by atoms with Crippen LogP contribution in [0.4, 0.5) is 0 Å². The summed E-state index contributed by atoms with van der Waals surface area (Å²) in [5.41, 5.74) is 0.350. The number of aromatic hydroxyl groups is 1. The van der Waals surface area contributed by atoms with E-state index in [0.29, 0.717) is 41.3 Å². The molecule has 0 saturated carbocycles. The second-order valence-electron chi connectivity index (χ2n) is 3.72. The average Bonchev–Trinajstić information content (AvgIpc) is 2.31. The number of rotatable bonds is 3. The molecule has 1 aromatic carbocycles. The van der Waals surface area contributed by atoms with Crippen molar-refractivity contribution in [2.45, 2.75) is 6.10 Å². The van der Waals surface area contributed by atoms with Crippen molar-refractivity contribution in [3.05, 3.63) is 16.1 Å². The molecule has 1 aliphatic rings. The van der Waals surface area contributed by atoms with Crippen molar-refractivity contribution in [3.8, 4) is 17.2 Å². The maximum Gasteiger partial charge on any atom is 0.171 e. The van der Waals surface area contributed by atoms with E-state index in [1.54, 1.807) is 13.1 Å². The van der Waals surface area contributed by atoms with Gasteiger partial charge in [0.25, 0.3) is 0 Å². The van der Waals surface area contributed by atoms with Crippen LogP contribution in [0.5, 0.6) is 17.2 Å². The Balaban J connectivity index is 2.50. The van der Waals surface area contributed by atoms with E-state index >= 15 is 0 Å². The molecule has 0 fully saturated rings. The fraction of sp³-hybridized carbons (Fsp3) is 0.455.